The van der Waals surface area contributed by atoms with Crippen LogP contribution in [0.4, 0.5) is 18.9 Å². The van der Waals surface area contributed by atoms with Crippen molar-refractivity contribution >= 4 is 27.0 Å². The first-order valence-electron chi connectivity index (χ1n) is 8.67. The third-order valence-corrected chi connectivity index (χ3v) is 8.18. The highest BCUT2D eigenvalue weighted by molar-refractivity contribution is 7.91. The van der Waals surface area contributed by atoms with Crippen molar-refractivity contribution < 1.29 is 26.7 Å². The summed E-state index contributed by atoms with van der Waals surface area (Å²) in [4.78, 5) is 1.96. The van der Waals surface area contributed by atoms with Crippen molar-refractivity contribution in [2.45, 2.75) is 29.2 Å². The number of sulfonamides is 1. The zero-order valence-corrected chi connectivity index (χ0v) is 16.8. The van der Waals surface area contributed by atoms with E-state index in [2.05, 4.69) is 0 Å². The van der Waals surface area contributed by atoms with Gasteiger partial charge in [-0.2, -0.15) is 4.31 Å². The van der Waals surface area contributed by atoms with Crippen molar-refractivity contribution in [3.63, 3.8) is 0 Å². The number of benzene rings is 1. The van der Waals surface area contributed by atoms with E-state index in [-0.39, 0.29) is 24.7 Å². The van der Waals surface area contributed by atoms with Crippen LogP contribution in [-0.2, 0) is 15.6 Å². The molecule has 3 rings (SSSR count). The summed E-state index contributed by atoms with van der Waals surface area (Å²) in [6.07, 6.45) is -3.24. The molecule has 0 aliphatic carbocycles. The van der Waals surface area contributed by atoms with E-state index in [4.69, 9.17) is 0 Å². The Morgan fingerprint density at radius 3 is 2.43 bits per heavy atom. The molecule has 1 aliphatic heterocycles. The van der Waals surface area contributed by atoms with Gasteiger partial charge in [0, 0.05) is 31.4 Å². The lowest BCUT2D eigenvalue weighted by molar-refractivity contribution is -0.114. The van der Waals surface area contributed by atoms with Crippen LogP contribution in [0.1, 0.15) is 12.5 Å². The monoisotopic (exact) mass is 434 g/mol. The van der Waals surface area contributed by atoms with Crippen molar-refractivity contribution in [1.82, 2.24) is 4.31 Å². The molecule has 0 amide bonds. The molecule has 0 saturated carbocycles. The molecule has 28 heavy (non-hydrogen) atoms. The van der Waals surface area contributed by atoms with Gasteiger partial charge in [-0.15, -0.1) is 11.3 Å². The second kappa shape index (κ2) is 8.02. The number of alkyl halides is 3. The summed E-state index contributed by atoms with van der Waals surface area (Å²) in [5, 5.41) is 11.5. The topological polar surface area (TPSA) is 60.9 Å². The molecule has 1 aromatic heterocycles. The number of hydrogen-bond acceptors (Lipinski definition) is 5. The van der Waals surface area contributed by atoms with E-state index in [0.717, 1.165) is 0 Å². The van der Waals surface area contributed by atoms with Gasteiger partial charge in [0.25, 0.3) is 16.4 Å². The Kier molecular flexibility index (Phi) is 6.04. The van der Waals surface area contributed by atoms with Gasteiger partial charge in [0.05, 0.1) is 0 Å². The van der Waals surface area contributed by atoms with Gasteiger partial charge in [-0.1, -0.05) is 18.2 Å². The van der Waals surface area contributed by atoms with Gasteiger partial charge in [-0.3, -0.25) is 0 Å². The summed E-state index contributed by atoms with van der Waals surface area (Å²) in [7, 11) is -3.53. The van der Waals surface area contributed by atoms with Crippen LogP contribution in [0.15, 0.2) is 46.0 Å². The predicted octanol–water partition coefficient (Wildman–Crippen LogP) is 3.07. The Morgan fingerprint density at radius 1 is 1.25 bits per heavy atom. The maximum absolute atomic E-state index is 13.0. The van der Waals surface area contributed by atoms with E-state index in [1.165, 1.54) is 39.9 Å². The minimum atomic E-state index is -3.53. The average Bonchev–Trinajstić information content (AvgIpc) is 3.23. The van der Waals surface area contributed by atoms with Crippen LogP contribution in [0.25, 0.3) is 0 Å². The smallest absolute Gasteiger partial charge is 0.273 e. The number of hydrogen-bond donors (Lipinski definition) is 1. The Morgan fingerprint density at radius 2 is 1.93 bits per heavy atom. The maximum atomic E-state index is 13.0. The molecule has 2 atom stereocenters. The van der Waals surface area contributed by atoms with Crippen molar-refractivity contribution in [3.05, 3.63) is 47.3 Å². The van der Waals surface area contributed by atoms with E-state index in [1.807, 2.05) is 11.8 Å². The van der Waals surface area contributed by atoms with E-state index in [9.17, 15) is 26.7 Å². The van der Waals surface area contributed by atoms with E-state index in [0.29, 0.717) is 16.4 Å². The summed E-state index contributed by atoms with van der Waals surface area (Å²) in [6, 6.07) is 8.76. The van der Waals surface area contributed by atoms with Crippen LogP contribution in [-0.4, -0.2) is 56.6 Å². The van der Waals surface area contributed by atoms with Gasteiger partial charge in [0.15, 0.2) is 5.60 Å². The van der Waals surface area contributed by atoms with Gasteiger partial charge in [-0.05, 0) is 36.1 Å². The number of rotatable bonds is 6. The van der Waals surface area contributed by atoms with Gasteiger partial charge in [0.1, 0.15) is 10.9 Å². The number of nitrogens with zero attached hydrogens (tertiary/aromatic N) is 2. The van der Waals surface area contributed by atoms with Crippen LogP contribution >= 0.6 is 11.3 Å². The number of anilines is 1. The molecule has 1 fully saturated rings. The molecule has 10 heteroatoms. The van der Waals surface area contributed by atoms with Gasteiger partial charge in [-0.25, -0.2) is 21.6 Å². The molecule has 0 radical (unpaired) electrons. The van der Waals surface area contributed by atoms with Crippen LogP contribution in [0, 0.1) is 0 Å². The Bertz CT molecular complexity index is 891. The second-order valence-corrected chi connectivity index (χ2v) is 9.86. The molecule has 2 heterocycles. The molecule has 1 N–H and O–H groups in total. The fraction of sp³-hybridized carbons (Fsp3) is 0.444. The Labute approximate surface area is 166 Å². The third-order valence-electron chi connectivity index (χ3n) is 4.94. The zero-order chi connectivity index (χ0) is 20.5. The molecule has 1 saturated heterocycles. The van der Waals surface area contributed by atoms with Crippen molar-refractivity contribution in [1.29, 1.82) is 0 Å². The standard InChI is InChI=1S/C18H21F3N2O3S2/c1-13-11-22(28(25,26)16-3-2-10-27-16)8-9-23(13)15-6-4-14(5-7-15)18(24,12-19)17(20)21/h2-7,10,13,17,24H,8-9,11-12H2,1H3/t13-,18?/m0/s1. The molecule has 1 unspecified atom stereocenters. The molecule has 0 bridgehead atoms. The first-order chi connectivity index (χ1) is 13.2. The predicted molar refractivity (Wildman–Crippen MR) is 102 cm³/mol. The normalized spacial score (nSPS) is 21.1. The quantitative estimate of drug-likeness (QED) is 0.759. The molecular weight excluding hydrogens is 413 g/mol. The fourth-order valence-corrected chi connectivity index (χ4v) is 5.92. The second-order valence-electron chi connectivity index (χ2n) is 6.74. The van der Waals surface area contributed by atoms with E-state index < -0.39 is 28.7 Å². The van der Waals surface area contributed by atoms with Crippen LogP contribution < -0.4 is 4.90 Å². The number of halogens is 3. The maximum Gasteiger partial charge on any atom is 0.273 e. The van der Waals surface area contributed by atoms with Gasteiger partial charge >= 0.3 is 0 Å². The minimum Gasteiger partial charge on any atom is -0.377 e. The Balaban J connectivity index is 1.75. The van der Waals surface area contributed by atoms with Crippen molar-refractivity contribution in [2.24, 2.45) is 0 Å². The van der Waals surface area contributed by atoms with Gasteiger partial charge in [0.2, 0.25) is 0 Å². The SMILES string of the molecule is C[C@H]1CN(S(=O)(=O)c2cccs2)CCN1c1ccc(C(O)(CF)C(F)F)cc1. The Hall–Kier alpha value is -1.62. The highest BCUT2D eigenvalue weighted by Gasteiger charge is 2.40. The van der Waals surface area contributed by atoms with Crippen LogP contribution in [0.3, 0.4) is 0 Å². The van der Waals surface area contributed by atoms with Crippen LogP contribution in [0.5, 0.6) is 0 Å². The summed E-state index contributed by atoms with van der Waals surface area (Å²) < 4.78 is 66.0. The fourth-order valence-electron chi connectivity index (χ4n) is 3.27. The number of aliphatic hydroxyl groups is 1. The largest absolute Gasteiger partial charge is 0.377 e. The molecule has 154 valence electrons. The third kappa shape index (κ3) is 3.78. The highest BCUT2D eigenvalue weighted by atomic mass is 32.2. The summed E-state index contributed by atoms with van der Waals surface area (Å²) in [5.41, 5.74) is -2.32. The molecule has 1 aromatic carbocycles. The van der Waals surface area contributed by atoms with E-state index in [1.54, 1.807) is 17.5 Å². The van der Waals surface area contributed by atoms with Crippen LogP contribution in [0.2, 0.25) is 0 Å². The van der Waals surface area contributed by atoms with E-state index >= 15 is 0 Å². The first-order valence-corrected chi connectivity index (χ1v) is 11.0. The first kappa shape index (κ1) is 21.1. The molecule has 0 spiro atoms. The lowest BCUT2D eigenvalue weighted by Gasteiger charge is -2.40. The molecular formula is C18H21F3N2O3S2. The average molecular weight is 435 g/mol. The van der Waals surface area contributed by atoms with Crippen molar-refractivity contribution in [3.8, 4) is 0 Å². The molecule has 1 aliphatic rings. The lowest BCUT2D eigenvalue weighted by atomic mass is 9.95. The lowest BCUT2D eigenvalue weighted by Crippen LogP contribution is -2.53. The summed E-state index contributed by atoms with van der Waals surface area (Å²) >= 11 is 1.17. The molecule has 5 nitrogen and oxygen atoms in total. The zero-order valence-electron chi connectivity index (χ0n) is 15.1. The molecule has 2 aromatic rings. The summed E-state index contributed by atoms with van der Waals surface area (Å²) in [6.45, 7) is 1.29. The minimum absolute atomic E-state index is 0.149. The number of thiophene rings is 1. The summed E-state index contributed by atoms with van der Waals surface area (Å²) in [5.74, 6) is 0. The van der Waals surface area contributed by atoms with Gasteiger partial charge < -0.3 is 10.0 Å². The van der Waals surface area contributed by atoms with Crippen molar-refractivity contribution in [2.75, 3.05) is 31.2 Å². The number of piperazine rings is 1. The highest BCUT2D eigenvalue weighted by Crippen LogP contribution is 2.32.